The van der Waals surface area contributed by atoms with E-state index < -0.39 is 0 Å². The van der Waals surface area contributed by atoms with Crippen molar-refractivity contribution < 1.29 is 4.79 Å². The smallest absolute Gasteiger partial charge is 0.223 e. The molecule has 134 valence electrons. The number of para-hydroxylation sites is 2. The van der Waals surface area contributed by atoms with Crippen LogP contribution in [0.5, 0.6) is 0 Å². The van der Waals surface area contributed by atoms with Gasteiger partial charge in [0, 0.05) is 44.5 Å². The van der Waals surface area contributed by atoms with Crippen molar-refractivity contribution in [3.63, 3.8) is 0 Å². The van der Waals surface area contributed by atoms with Crippen molar-refractivity contribution in [2.75, 3.05) is 31.1 Å². The Labute approximate surface area is 152 Å². The van der Waals surface area contributed by atoms with E-state index in [-0.39, 0.29) is 5.91 Å². The fourth-order valence-electron chi connectivity index (χ4n) is 3.41. The van der Waals surface area contributed by atoms with E-state index in [0.29, 0.717) is 12.8 Å². The molecule has 2 aromatic heterocycles. The van der Waals surface area contributed by atoms with Crippen LogP contribution in [0.3, 0.4) is 0 Å². The van der Waals surface area contributed by atoms with Crippen LogP contribution >= 0.6 is 0 Å². The molecule has 0 spiro atoms. The third-order valence-corrected chi connectivity index (χ3v) is 4.85. The van der Waals surface area contributed by atoms with Crippen molar-refractivity contribution in [2.24, 2.45) is 0 Å². The Morgan fingerprint density at radius 3 is 2.77 bits per heavy atom. The maximum absolute atomic E-state index is 12.6. The van der Waals surface area contributed by atoms with Crippen LogP contribution in [-0.2, 0) is 11.2 Å². The first-order valence-electron chi connectivity index (χ1n) is 9.17. The normalized spacial score (nSPS) is 15.2. The highest BCUT2D eigenvalue weighted by atomic mass is 16.2. The fraction of sp³-hybridized carbons (Fsp3) is 0.350. The summed E-state index contributed by atoms with van der Waals surface area (Å²) < 4.78 is 0. The Morgan fingerprint density at radius 2 is 1.92 bits per heavy atom. The van der Waals surface area contributed by atoms with Crippen molar-refractivity contribution in [3.8, 4) is 0 Å². The predicted octanol–water partition coefficient (Wildman–Crippen LogP) is 2.63. The first kappa shape index (κ1) is 16.6. The minimum atomic E-state index is 0.210. The summed E-state index contributed by atoms with van der Waals surface area (Å²) in [4.78, 5) is 29.1. The average molecular weight is 349 g/mol. The Hall–Kier alpha value is -2.89. The summed E-state index contributed by atoms with van der Waals surface area (Å²) in [6.45, 7) is 3.24. The Morgan fingerprint density at radius 1 is 1.04 bits per heavy atom. The molecule has 1 aliphatic heterocycles. The first-order valence-corrected chi connectivity index (χ1v) is 9.17. The molecule has 0 bridgehead atoms. The van der Waals surface area contributed by atoms with Gasteiger partial charge in [0.15, 0.2) is 0 Å². The van der Waals surface area contributed by atoms with Gasteiger partial charge in [0.25, 0.3) is 0 Å². The summed E-state index contributed by atoms with van der Waals surface area (Å²) >= 11 is 0. The SMILES string of the molecule is O=C(CCc1ccccn1)N1CCCN(c2nc3ccccc3[nH]2)CC1. The topological polar surface area (TPSA) is 65.1 Å². The van der Waals surface area contributed by atoms with Crippen LogP contribution < -0.4 is 4.90 Å². The van der Waals surface area contributed by atoms with Gasteiger partial charge in [-0.15, -0.1) is 0 Å². The minimum absolute atomic E-state index is 0.210. The molecule has 6 nitrogen and oxygen atoms in total. The second-order valence-electron chi connectivity index (χ2n) is 6.62. The Balaban J connectivity index is 1.36. The number of amides is 1. The van der Waals surface area contributed by atoms with Gasteiger partial charge in [-0.05, 0) is 37.1 Å². The molecule has 3 aromatic rings. The zero-order valence-corrected chi connectivity index (χ0v) is 14.8. The van der Waals surface area contributed by atoms with Crippen LogP contribution in [0.25, 0.3) is 11.0 Å². The van der Waals surface area contributed by atoms with Crippen LogP contribution in [-0.4, -0.2) is 51.9 Å². The van der Waals surface area contributed by atoms with E-state index in [0.717, 1.165) is 55.3 Å². The van der Waals surface area contributed by atoms with Crippen molar-refractivity contribution in [2.45, 2.75) is 19.3 Å². The zero-order valence-electron chi connectivity index (χ0n) is 14.8. The lowest BCUT2D eigenvalue weighted by molar-refractivity contribution is -0.130. The van der Waals surface area contributed by atoms with Gasteiger partial charge in [-0.25, -0.2) is 4.98 Å². The number of hydrogen-bond acceptors (Lipinski definition) is 4. The number of anilines is 1. The van der Waals surface area contributed by atoms with E-state index in [4.69, 9.17) is 0 Å². The molecule has 1 amide bonds. The van der Waals surface area contributed by atoms with Crippen LogP contribution in [0, 0.1) is 0 Å². The molecule has 0 unspecified atom stereocenters. The fourth-order valence-corrected chi connectivity index (χ4v) is 3.41. The van der Waals surface area contributed by atoms with Crippen molar-refractivity contribution in [1.82, 2.24) is 19.9 Å². The van der Waals surface area contributed by atoms with Crippen molar-refractivity contribution >= 4 is 22.9 Å². The molecule has 1 N–H and O–H groups in total. The summed E-state index contributed by atoms with van der Waals surface area (Å²) in [5.74, 6) is 1.11. The molecule has 1 aliphatic rings. The largest absolute Gasteiger partial charge is 0.341 e. The molecule has 1 saturated heterocycles. The molecular formula is C20H23N5O. The van der Waals surface area contributed by atoms with E-state index in [9.17, 15) is 4.79 Å². The number of imidazole rings is 1. The van der Waals surface area contributed by atoms with E-state index in [1.54, 1.807) is 6.20 Å². The highest BCUT2D eigenvalue weighted by Gasteiger charge is 2.20. The predicted molar refractivity (Wildman–Crippen MR) is 102 cm³/mol. The Kier molecular flexibility index (Phi) is 4.82. The Bertz CT molecular complexity index is 843. The standard InChI is InChI=1S/C20H23N5O/c26-19(10-9-16-6-3-4-11-21-16)24-12-5-13-25(15-14-24)20-22-17-7-1-2-8-18(17)23-20/h1-4,6-8,11H,5,9-10,12-15H2,(H,22,23). The number of aromatic nitrogens is 3. The molecule has 3 heterocycles. The highest BCUT2D eigenvalue weighted by Crippen LogP contribution is 2.18. The molecule has 26 heavy (non-hydrogen) atoms. The molecule has 0 saturated carbocycles. The van der Waals surface area contributed by atoms with Gasteiger partial charge < -0.3 is 14.8 Å². The van der Waals surface area contributed by atoms with Gasteiger partial charge >= 0.3 is 0 Å². The second kappa shape index (κ2) is 7.56. The number of aryl methyl sites for hydroxylation is 1. The third-order valence-electron chi connectivity index (χ3n) is 4.85. The van der Waals surface area contributed by atoms with E-state index in [1.165, 1.54) is 0 Å². The molecule has 0 atom stereocenters. The number of hydrogen-bond donors (Lipinski definition) is 1. The van der Waals surface area contributed by atoms with Crippen LogP contribution in [0.15, 0.2) is 48.7 Å². The molecule has 0 aliphatic carbocycles. The number of pyridine rings is 1. The number of nitrogens with zero attached hydrogens (tertiary/aromatic N) is 4. The zero-order chi connectivity index (χ0) is 17.8. The van der Waals surface area contributed by atoms with Gasteiger partial charge in [-0.1, -0.05) is 18.2 Å². The quantitative estimate of drug-likeness (QED) is 0.786. The minimum Gasteiger partial charge on any atom is -0.341 e. The number of nitrogens with one attached hydrogen (secondary N) is 1. The maximum atomic E-state index is 12.6. The molecule has 1 aromatic carbocycles. The number of aromatic amines is 1. The summed E-state index contributed by atoms with van der Waals surface area (Å²) in [5.41, 5.74) is 3.00. The molecule has 4 rings (SSSR count). The summed E-state index contributed by atoms with van der Waals surface area (Å²) in [7, 11) is 0. The van der Waals surface area contributed by atoms with E-state index >= 15 is 0 Å². The molecule has 0 radical (unpaired) electrons. The number of fused-ring (bicyclic) bond motifs is 1. The second-order valence-corrected chi connectivity index (χ2v) is 6.62. The number of H-pyrrole nitrogens is 1. The van der Waals surface area contributed by atoms with Gasteiger partial charge in [0.1, 0.15) is 0 Å². The highest BCUT2D eigenvalue weighted by molar-refractivity contribution is 5.78. The molecule has 6 heteroatoms. The number of rotatable bonds is 4. The van der Waals surface area contributed by atoms with Crippen molar-refractivity contribution in [1.29, 1.82) is 0 Å². The van der Waals surface area contributed by atoms with Crippen LogP contribution in [0.1, 0.15) is 18.5 Å². The lowest BCUT2D eigenvalue weighted by Gasteiger charge is -2.21. The van der Waals surface area contributed by atoms with Gasteiger partial charge in [0.05, 0.1) is 11.0 Å². The lowest BCUT2D eigenvalue weighted by atomic mass is 10.2. The van der Waals surface area contributed by atoms with Gasteiger partial charge in [-0.3, -0.25) is 9.78 Å². The average Bonchev–Trinajstić information content (AvgIpc) is 2.96. The summed E-state index contributed by atoms with van der Waals surface area (Å²) in [6.07, 6.45) is 3.94. The molecule has 1 fully saturated rings. The van der Waals surface area contributed by atoms with Crippen molar-refractivity contribution in [3.05, 3.63) is 54.4 Å². The van der Waals surface area contributed by atoms with Gasteiger partial charge in [0.2, 0.25) is 11.9 Å². The summed E-state index contributed by atoms with van der Waals surface area (Å²) in [6, 6.07) is 13.9. The molecular weight excluding hydrogens is 326 g/mol. The monoisotopic (exact) mass is 349 g/mol. The third kappa shape index (κ3) is 3.69. The first-order chi connectivity index (χ1) is 12.8. The van der Waals surface area contributed by atoms with E-state index in [2.05, 4.69) is 19.9 Å². The number of benzene rings is 1. The van der Waals surface area contributed by atoms with E-state index in [1.807, 2.05) is 47.4 Å². The van der Waals surface area contributed by atoms with Gasteiger partial charge in [-0.2, -0.15) is 0 Å². The summed E-state index contributed by atoms with van der Waals surface area (Å²) in [5, 5.41) is 0. The maximum Gasteiger partial charge on any atom is 0.223 e. The van der Waals surface area contributed by atoms with Crippen LogP contribution in [0.4, 0.5) is 5.95 Å². The number of carbonyl (C=O) groups is 1. The van der Waals surface area contributed by atoms with Crippen LogP contribution in [0.2, 0.25) is 0 Å². The number of carbonyl (C=O) groups excluding carboxylic acids is 1. The lowest BCUT2D eigenvalue weighted by Crippen LogP contribution is -2.35.